The van der Waals surface area contributed by atoms with Crippen LogP contribution < -0.4 is 25.6 Å². The maximum absolute atomic E-state index is 5.40. The summed E-state index contributed by atoms with van der Waals surface area (Å²) in [6, 6.07) is 16.0. The molecule has 1 aliphatic rings. The molecule has 0 saturated heterocycles. The lowest BCUT2D eigenvalue weighted by Gasteiger charge is -2.24. The average molecular weight is 537 g/mol. The minimum absolute atomic E-state index is 0.221. The van der Waals surface area contributed by atoms with Crippen LogP contribution in [0.25, 0.3) is 0 Å². The molecule has 0 spiro atoms. The number of ether oxygens (including phenoxy) is 1. The number of hydrogen-bond acceptors (Lipinski definition) is 10. The van der Waals surface area contributed by atoms with Crippen LogP contribution in [0.3, 0.4) is 0 Å². The Morgan fingerprint density at radius 3 is 2.53 bits per heavy atom. The molecule has 202 valence electrons. The van der Waals surface area contributed by atoms with Gasteiger partial charge in [-0.3, -0.25) is 0 Å². The van der Waals surface area contributed by atoms with Crippen LogP contribution in [0.1, 0.15) is 13.3 Å². The van der Waals surface area contributed by atoms with Crippen molar-refractivity contribution in [3.63, 3.8) is 0 Å². The fourth-order valence-electron chi connectivity index (χ4n) is 3.94. The Bertz CT molecular complexity index is 1250. The fraction of sp³-hybridized carbons (Fsp3) is 0.407. The number of azo groups is 1. The van der Waals surface area contributed by atoms with E-state index in [-0.39, 0.29) is 5.50 Å². The van der Waals surface area contributed by atoms with E-state index in [1.165, 1.54) is 0 Å². The first-order valence-electron chi connectivity index (χ1n) is 12.8. The van der Waals surface area contributed by atoms with E-state index in [4.69, 9.17) is 24.9 Å². The molecule has 3 N–H and O–H groups in total. The topological polar surface area (TPSA) is 99.1 Å². The van der Waals surface area contributed by atoms with Crippen molar-refractivity contribution in [1.29, 1.82) is 0 Å². The van der Waals surface area contributed by atoms with Crippen molar-refractivity contribution in [1.82, 2.24) is 9.97 Å². The molecule has 0 aliphatic carbocycles. The second-order valence-electron chi connectivity index (χ2n) is 10.0. The first kappa shape index (κ1) is 27.5. The molecule has 2 aromatic carbocycles. The summed E-state index contributed by atoms with van der Waals surface area (Å²) in [6.07, 6.45) is 0.987. The van der Waals surface area contributed by atoms with Crippen LogP contribution in [0.2, 0.25) is 0 Å². The van der Waals surface area contributed by atoms with Gasteiger partial charge in [-0.15, -0.1) is 5.11 Å². The van der Waals surface area contributed by atoms with Gasteiger partial charge in [-0.2, -0.15) is 15.1 Å². The molecular weight excluding hydrogens is 498 g/mol. The van der Waals surface area contributed by atoms with Gasteiger partial charge in [0.1, 0.15) is 5.75 Å². The van der Waals surface area contributed by atoms with Crippen molar-refractivity contribution in [3.05, 3.63) is 48.5 Å². The van der Waals surface area contributed by atoms with Crippen molar-refractivity contribution in [2.75, 3.05) is 75.8 Å². The van der Waals surface area contributed by atoms with Gasteiger partial charge in [-0.1, -0.05) is 30.0 Å². The number of anilines is 5. The van der Waals surface area contributed by atoms with E-state index >= 15 is 0 Å². The molecular formula is C27H38N9OS+. The zero-order chi connectivity index (χ0) is 27.1. The molecule has 1 atom stereocenters. The van der Waals surface area contributed by atoms with E-state index < -0.39 is 0 Å². The molecule has 0 bridgehead atoms. The van der Waals surface area contributed by atoms with Gasteiger partial charge in [0.15, 0.2) is 22.8 Å². The highest BCUT2D eigenvalue weighted by molar-refractivity contribution is 8.00. The Labute approximate surface area is 229 Å². The average Bonchev–Trinajstić information content (AvgIpc) is 3.20. The Balaban J connectivity index is 1.66. The number of methoxy groups -OCH3 is 1. The monoisotopic (exact) mass is 536 g/mol. The third-order valence-corrected chi connectivity index (χ3v) is 7.12. The number of rotatable bonds is 12. The Hall–Kier alpha value is -3.57. The molecule has 11 heteroatoms. The largest absolute Gasteiger partial charge is 0.497 e. The fourth-order valence-corrected chi connectivity index (χ4v) is 5.05. The molecule has 0 amide bonds. The molecule has 10 nitrogen and oxygen atoms in total. The summed E-state index contributed by atoms with van der Waals surface area (Å²) in [5, 5.41) is 19.6. The number of aromatic nitrogens is 2. The van der Waals surface area contributed by atoms with Gasteiger partial charge in [0, 0.05) is 37.1 Å². The summed E-state index contributed by atoms with van der Waals surface area (Å²) in [6.45, 7) is 4.53. The van der Waals surface area contributed by atoms with Crippen LogP contribution in [0.5, 0.6) is 5.75 Å². The summed E-state index contributed by atoms with van der Waals surface area (Å²) in [7, 11) is 10.3. The van der Waals surface area contributed by atoms with Gasteiger partial charge >= 0.3 is 0 Å². The number of benzene rings is 2. The molecule has 4 rings (SSSR count). The molecule has 2 heterocycles. The predicted octanol–water partition coefficient (Wildman–Crippen LogP) is 5.78. The summed E-state index contributed by atoms with van der Waals surface area (Å²) >= 11 is 1.63. The van der Waals surface area contributed by atoms with E-state index in [2.05, 4.69) is 42.0 Å². The quantitative estimate of drug-likeness (QED) is 0.152. The molecule has 3 aromatic rings. The van der Waals surface area contributed by atoms with Gasteiger partial charge in [0.25, 0.3) is 0 Å². The highest BCUT2D eigenvalue weighted by atomic mass is 32.2. The zero-order valence-corrected chi connectivity index (χ0v) is 23.8. The van der Waals surface area contributed by atoms with Gasteiger partial charge < -0.3 is 30.1 Å². The molecule has 0 fully saturated rings. The second-order valence-corrected chi connectivity index (χ2v) is 11.1. The summed E-state index contributed by atoms with van der Waals surface area (Å²) < 4.78 is 6.30. The van der Waals surface area contributed by atoms with Gasteiger partial charge in [-0.05, 0) is 37.3 Å². The van der Waals surface area contributed by atoms with Crippen LogP contribution in [-0.4, -0.2) is 74.9 Å². The number of nitrogens with one attached hydrogen (secondary N) is 3. The normalized spacial score (nSPS) is 15.0. The van der Waals surface area contributed by atoms with Crippen LogP contribution in [0.4, 0.5) is 34.6 Å². The number of quaternary nitrogens is 1. The maximum atomic E-state index is 5.40. The predicted molar refractivity (Wildman–Crippen MR) is 157 cm³/mol. The lowest BCUT2D eigenvalue weighted by atomic mass is 10.3. The van der Waals surface area contributed by atoms with E-state index in [0.29, 0.717) is 29.8 Å². The molecule has 0 radical (unpaired) electrons. The highest BCUT2D eigenvalue weighted by Gasteiger charge is 2.28. The number of nitrogens with zero attached hydrogens (tertiary/aromatic N) is 6. The van der Waals surface area contributed by atoms with E-state index in [1.807, 2.05) is 62.5 Å². The van der Waals surface area contributed by atoms with Gasteiger partial charge in [0.05, 0.1) is 40.5 Å². The Morgan fingerprint density at radius 1 is 1.05 bits per heavy atom. The third-order valence-electron chi connectivity index (χ3n) is 5.92. The van der Waals surface area contributed by atoms with E-state index in [0.717, 1.165) is 46.0 Å². The Kier molecular flexibility index (Phi) is 8.90. The number of fused-ring (bicyclic) bond motifs is 1. The standard InChI is InChI=1S/C27H38N9OS/c1-7-28-26-31-24(29-16-11-17-36(3,4)5)23(25(32-26)30-19-12-9-8-10-13-19)33-34-27-35(2)21-15-14-20(37-6)18-22(21)38-27/h8-10,12-15,18,27H,7,11,16-17H2,1-6H3,(H3,28,29,30,31,32)/q+1. The Morgan fingerprint density at radius 2 is 1.82 bits per heavy atom. The van der Waals surface area contributed by atoms with Crippen LogP contribution in [-0.2, 0) is 0 Å². The van der Waals surface area contributed by atoms with Crippen molar-refractivity contribution in [2.24, 2.45) is 10.2 Å². The second kappa shape index (κ2) is 12.3. The van der Waals surface area contributed by atoms with E-state index in [1.54, 1.807) is 18.9 Å². The van der Waals surface area contributed by atoms with Crippen molar-refractivity contribution in [3.8, 4) is 5.75 Å². The minimum Gasteiger partial charge on any atom is -0.497 e. The number of hydrogen-bond donors (Lipinski definition) is 3. The third kappa shape index (κ3) is 7.05. The molecule has 1 aliphatic heterocycles. The number of thioether (sulfide) groups is 1. The molecule has 1 aromatic heterocycles. The van der Waals surface area contributed by atoms with Crippen molar-refractivity contribution >= 4 is 46.4 Å². The zero-order valence-electron chi connectivity index (χ0n) is 23.0. The molecule has 1 unspecified atom stereocenters. The minimum atomic E-state index is -0.221. The molecule has 38 heavy (non-hydrogen) atoms. The SMILES string of the molecule is CCNc1nc(NCCC[N+](C)(C)C)c(N=NC2Sc3cc(OC)ccc3N2C)c(Nc2ccccc2)n1. The van der Waals surface area contributed by atoms with Crippen molar-refractivity contribution < 1.29 is 9.22 Å². The van der Waals surface area contributed by atoms with Crippen LogP contribution >= 0.6 is 11.8 Å². The summed E-state index contributed by atoms with van der Waals surface area (Å²) in [5.41, 5.74) is 2.36. The van der Waals surface area contributed by atoms with Crippen LogP contribution in [0.15, 0.2) is 63.7 Å². The number of para-hydroxylation sites is 1. The first-order valence-corrected chi connectivity index (χ1v) is 13.7. The summed E-state index contributed by atoms with van der Waals surface area (Å²) in [4.78, 5) is 12.7. The van der Waals surface area contributed by atoms with Gasteiger partial charge in [0.2, 0.25) is 5.95 Å². The lowest BCUT2D eigenvalue weighted by molar-refractivity contribution is -0.870. The maximum Gasteiger partial charge on any atom is 0.226 e. The smallest absolute Gasteiger partial charge is 0.226 e. The van der Waals surface area contributed by atoms with Gasteiger partial charge in [-0.25, -0.2) is 0 Å². The lowest BCUT2D eigenvalue weighted by Crippen LogP contribution is -2.36. The first-order chi connectivity index (χ1) is 18.3. The highest BCUT2D eigenvalue weighted by Crippen LogP contribution is 2.45. The molecule has 0 saturated carbocycles. The van der Waals surface area contributed by atoms with E-state index in [9.17, 15) is 0 Å². The van der Waals surface area contributed by atoms with Crippen LogP contribution in [0, 0.1) is 0 Å². The van der Waals surface area contributed by atoms with Crippen molar-refractivity contribution in [2.45, 2.75) is 23.7 Å². The summed E-state index contributed by atoms with van der Waals surface area (Å²) in [5.74, 6) is 2.59.